The molecular formula is C28H54N2O3. The molecule has 0 aliphatic rings. The molecule has 0 rings (SSSR count). The molecule has 0 aromatic carbocycles. The number of hydrogen-bond donors (Lipinski definition) is 2. The number of aliphatic carboxylic acids is 1. The van der Waals surface area contributed by atoms with E-state index in [0.29, 0.717) is 13.0 Å². The van der Waals surface area contributed by atoms with E-state index >= 15 is 0 Å². The third kappa shape index (κ3) is 22.2. The minimum absolute atomic E-state index is 0.0432. The highest BCUT2D eigenvalue weighted by Gasteiger charge is 2.18. The fraction of sp³-hybridized carbons (Fsp3) is 0.857. The lowest BCUT2D eigenvalue weighted by molar-refractivity contribution is -0.142. The number of carboxylic acid groups (broad SMARTS) is 1. The number of rotatable bonds is 24. The maximum Gasteiger partial charge on any atom is 0.320 e. The highest BCUT2D eigenvalue weighted by Crippen LogP contribution is 2.13. The maximum absolute atomic E-state index is 11.8. The van der Waals surface area contributed by atoms with E-state index in [1.165, 1.54) is 89.9 Å². The quantitative estimate of drug-likeness (QED) is 0.117. The number of carbonyl (C=O) groups excluding carboxylic acids is 1. The van der Waals surface area contributed by atoms with Gasteiger partial charge in [-0.3, -0.25) is 14.5 Å². The van der Waals surface area contributed by atoms with Crippen molar-refractivity contribution in [2.24, 2.45) is 0 Å². The van der Waals surface area contributed by atoms with Crippen LogP contribution in [0, 0.1) is 0 Å². The van der Waals surface area contributed by atoms with Gasteiger partial charge in [-0.15, -0.1) is 0 Å². The Kier molecular flexibility index (Phi) is 22.8. The predicted octanol–water partition coefficient (Wildman–Crippen LogP) is 7.11. The van der Waals surface area contributed by atoms with Crippen LogP contribution >= 0.6 is 0 Å². The van der Waals surface area contributed by atoms with Crippen LogP contribution in [0.4, 0.5) is 0 Å². The Morgan fingerprint density at radius 3 is 1.70 bits per heavy atom. The molecule has 0 spiro atoms. The van der Waals surface area contributed by atoms with Gasteiger partial charge in [-0.25, -0.2) is 0 Å². The summed E-state index contributed by atoms with van der Waals surface area (Å²) in [7, 11) is 3.56. The zero-order valence-electron chi connectivity index (χ0n) is 22.1. The molecule has 0 unspecified atom stereocenters. The molecule has 2 N–H and O–H groups in total. The van der Waals surface area contributed by atoms with Crippen molar-refractivity contribution in [1.29, 1.82) is 0 Å². The Morgan fingerprint density at radius 1 is 0.758 bits per heavy atom. The number of carboxylic acids is 1. The van der Waals surface area contributed by atoms with E-state index < -0.39 is 12.0 Å². The SMILES string of the molecule is CCCCCCCCCCCCCCCCC/C=C/C(=O)NCCCC[C@@H](C(=O)O)N(C)C. The van der Waals surface area contributed by atoms with Crippen molar-refractivity contribution in [3.05, 3.63) is 12.2 Å². The molecule has 0 aliphatic heterocycles. The molecule has 5 nitrogen and oxygen atoms in total. The Bertz CT molecular complexity index is 492. The molecule has 0 aliphatic carbocycles. The predicted molar refractivity (Wildman–Crippen MR) is 141 cm³/mol. The van der Waals surface area contributed by atoms with Gasteiger partial charge in [0.1, 0.15) is 6.04 Å². The summed E-state index contributed by atoms with van der Waals surface area (Å²) in [6.07, 6.45) is 27.3. The highest BCUT2D eigenvalue weighted by molar-refractivity contribution is 5.87. The Morgan fingerprint density at radius 2 is 1.24 bits per heavy atom. The smallest absolute Gasteiger partial charge is 0.320 e. The first-order valence-electron chi connectivity index (χ1n) is 13.8. The molecule has 0 bridgehead atoms. The summed E-state index contributed by atoms with van der Waals surface area (Å²) in [6, 6.07) is -0.449. The van der Waals surface area contributed by atoms with Gasteiger partial charge in [0.15, 0.2) is 0 Å². The topological polar surface area (TPSA) is 69.6 Å². The Balaban J connectivity index is 3.38. The van der Waals surface area contributed by atoms with E-state index in [-0.39, 0.29) is 5.91 Å². The second-order valence-electron chi connectivity index (χ2n) is 9.75. The van der Waals surface area contributed by atoms with Crippen LogP contribution in [-0.4, -0.2) is 48.6 Å². The maximum atomic E-state index is 11.8. The van der Waals surface area contributed by atoms with Crippen LogP contribution in [0.2, 0.25) is 0 Å². The van der Waals surface area contributed by atoms with Gasteiger partial charge in [-0.2, -0.15) is 0 Å². The van der Waals surface area contributed by atoms with Crippen molar-refractivity contribution in [2.45, 2.75) is 135 Å². The van der Waals surface area contributed by atoms with Gasteiger partial charge >= 0.3 is 5.97 Å². The number of allylic oxidation sites excluding steroid dienone is 1. The molecule has 0 aromatic rings. The average molecular weight is 467 g/mol. The monoisotopic (exact) mass is 466 g/mol. The second kappa shape index (κ2) is 23.8. The van der Waals surface area contributed by atoms with Crippen LogP contribution in [0.1, 0.15) is 129 Å². The summed E-state index contributed by atoms with van der Waals surface area (Å²) < 4.78 is 0. The van der Waals surface area contributed by atoms with Gasteiger partial charge < -0.3 is 10.4 Å². The molecular weight excluding hydrogens is 412 g/mol. The Labute approximate surface area is 204 Å². The van der Waals surface area contributed by atoms with Crippen molar-refractivity contribution < 1.29 is 14.7 Å². The van der Waals surface area contributed by atoms with Crippen molar-refractivity contribution in [3.63, 3.8) is 0 Å². The third-order valence-corrected chi connectivity index (χ3v) is 6.36. The molecule has 0 heterocycles. The van der Waals surface area contributed by atoms with Crippen molar-refractivity contribution in [3.8, 4) is 0 Å². The van der Waals surface area contributed by atoms with Gasteiger partial charge in [-0.05, 0) is 52.3 Å². The van der Waals surface area contributed by atoms with Crippen LogP contribution in [0.25, 0.3) is 0 Å². The summed E-state index contributed by atoms with van der Waals surface area (Å²) in [4.78, 5) is 24.7. The molecule has 33 heavy (non-hydrogen) atoms. The molecule has 1 amide bonds. The van der Waals surface area contributed by atoms with E-state index in [4.69, 9.17) is 5.11 Å². The first-order valence-corrected chi connectivity index (χ1v) is 13.8. The lowest BCUT2D eigenvalue weighted by atomic mass is 10.0. The standard InChI is InChI=1S/C28H54N2O3/c1-4-5-6-7-8-9-10-11-12-13-14-15-16-17-18-19-20-24-27(31)29-25-22-21-23-26(28(32)33)30(2)3/h20,24,26H,4-19,21-23,25H2,1-3H3,(H,29,31)(H,32,33)/b24-20+/t26-/m0/s1. The number of carbonyl (C=O) groups is 2. The number of nitrogens with one attached hydrogen (secondary N) is 1. The van der Waals surface area contributed by atoms with Gasteiger partial charge in [0.2, 0.25) is 5.91 Å². The summed E-state index contributed by atoms with van der Waals surface area (Å²) in [5.74, 6) is -0.830. The van der Waals surface area contributed by atoms with Gasteiger partial charge in [0, 0.05) is 6.54 Å². The molecule has 0 radical (unpaired) electrons. The number of hydrogen-bond acceptors (Lipinski definition) is 3. The minimum atomic E-state index is -0.786. The van der Waals surface area contributed by atoms with Gasteiger partial charge in [0.25, 0.3) is 0 Å². The second-order valence-corrected chi connectivity index (χ2v) is 9.75. The summed E-state index contributed by atoms with van der Waals surface area (Å²) in [6.45, 7) is 2.87. The largest absolute Gasteiger partial charge is 0.480 e. The van der Waals surface area contributed by atoms with E-state index in [9.17, 15) is 9.59 Å². The summed E-state index contributed by atoms with van der Waals surface area (Å²) in [5, 5.41) is 12.0. The molecule has 1 atom stereocenters. The van der Waals surface area contributed by atoms with Crippen molar-refractivity contribution in [1.82, 2.24) is 10.2 Å². The zero-order chi connectivity index (χ0) is 24.6. The lowest BCUT2D eigenvalue weighted by Gasteiger charge is -2.19. The van der Waals surface area contributed by atoms with Gasteiger partial charge in [-0.1, -0.05) is 103 Å². The van der Waals surface area contributed by atoms with Crippen LogP contribution in [-0.2, 0) is 9.59 Å². The number of amides is 1. The van der Waals surface area contributed by atoms with Crippen LogP contribution < -0.4 is 5.32 Å². The lowest BCUT2D eigenvalue weighted by Crippen LogP contribution is -2.35. The van der Waals surface area contributed by atoms with E-state index in [1.807, 2.05) is 6.08 Å². The van der Waals surface area contributed by atoms with E-state index in [2.05, 4.69) is 12.2 Å². The number of unbranched alkanes of at least 4 members (excludes halogenated alkanes) is 16. The number of likely N-dealkylation sites (N-methyl/N-ethyl adjacent to an activating group) is 1. The van der Waals surface area contributed by atoms with Crippen LogP contribution in [0.15, 0.2) is 12.2 Å². The first kappa shape index (κ1) is 31.6. The summed E-state index contributed by atoms with van der Waals surface area (Å²) >= 11 is 0. The average Bonchev–Trinajstić information content (AvgIpc) is 2.77. The fourth-order valence-electron chi connectivity index (χ4n) is 4.16. The first-order chi connectivity index (χ1) is 16.0. The zero-order valence-corrected chi connectivity index (χ0v) is 22.1. The Hall–Kier alpha value is -1.36. The molecule has 194 valence electrons. The third-order valence-electron chi connectivity index (χ3n) is 6.36. The van der Waals surface area contributed by atoms with Crippen LogP contribution in [0.5, 0.6) is 0 Å². The molecule has 0 saturated carbocycles. The van der Waals surface area contributed by atoms with Crippen LogP contribution in [0.3, 0.4) is 0 Å². The van der Waals surface area contributed by atoms with E-state index in [0.717, 1.165) is 25.7 Å². The number of nitrogens with zero attached hydrogens (tertiary/aromatic N) is 1. The fourth-order valence-corrected chi connectivity index (χ4v) is 4.16. The van der Waals surface area contributed by atoms with E-state index in [1.54, 1.807) is 25.1 Å². The molecule has 0 fully saturated rings. The normalized spacial score (nSPS) is 12.5. The highest BCUT2D eigenvalue weighted by atomic mass is 16.4. The van der Waals surface area contributed by atoms with Crippen molar-refractivity contribution >= 4 is 11.9 Å². The minimum Gasteiger partial charge on any atom is -0.480 e. The van der Waals surface area contributed by atoms with Gasteiger partial charge in [0.05, 0.1) is 0 Å². The molecule has 0 saturated heterocycles. The summed E-state index contributed by atoms with van der Waals surface area (Å²) in [5.41, 5.74) is 0. The van der Waals surface area contributed by atoms with Crippen molar-refractivity contribution in [2.75, 3.05) is 20.6 Å². The molecule has 0 aromatic heterocycles. The molecule has 5 heteroatoms.